The van der Waals surface area contributed by atoms with Gasteiger partial charge in [-0.05, 0) is 31.7 Å². The Kier molecular flexibility index (Phi) is 2.82. The summed E-state index contributed by atoms with van der Waals surface area (Å²) in [7, 11) is 0. The van der Waals surface area contributed by atoms with E-state index in [9.17, 15) is 4.79 Å². The summed E-state index contributed by atoms with van der Waals surface area (Å²) in [6, 6.07) is 10.4. The standard InChI is InChI=1S/C16H20N2O2/c1-10-16(19)18(13-9-12-7-8-14(13)20-12)15(17-10)11-5-3-2-4-6-11/h2-6,10,12-15,17H,7-9H2,1H3. The second-order valence-electron chi connectivity index (χ2n) is 6.12. The first-order valence-electron chi connectivity index (χ1n) is 7.52. The van der Waals surface area contributed by atoms with Gasteiger partial charge in [0.1, 0.15) is 6.17 Å². The number of nitrogens with zero attached hydrogens (tertiary/aromatic N) is 1. The number of rotatable bonds is 2. The van der Waals surface area contributed by atoms with E-state index in [1.54, 1.807) is 0 Å². The molecule has 20 heavy (non-hydrogen) atoms. The van der Waals surface area contributed by atoms with Gasteiger partial charge in [0.15, 0.2) is 0 Å². The third-order valence-corrected chi connectivity index (χ3v) is 4.86. The molecule has 5 atom stereocenters. The number of benzene rings is 1. The normalized spacial score (nSPS) is 39.8. The number of fused-ring (bicyclic) bond motifs is 2. The van der Waals surface area contributed by atoms with Crippen LogP contribution in [0.5, 0.6) is 0 Å². The summed E-state index contributed by atoms with van der Waals surface area (Å²) >= 11 is 0. The Morgan fingerprint density at radius 3 is 2.70 bits per heavy atom. The molecule has 0 aliphatic carbocycles. The number of hydrogen-bond acceptors (Lipinski definition) is 3. The Morgan fingerprint density at radius 1 is 1.25 bits per heavy atom. The zero-order valence-electron chi connectivity index (χ0n) is 11.7. The van der Waals surface area contributed by atoms with Crippen LogP contribution in [0.1, 0.15) is 37.9 Å². The van der Waals surface area contributed by atoms with Crippen LogP contribution in [0.2, 0.25) is 0 Å². The average Bonchev–Trinajstić information content (AvgIpc) is 3.16. The number of nitrogens with one attached hydrogen (secondary N) is 1. The molecule has 5 unspecified atom stereocenters. The van der Waals surface area contributed by atoms with Crippen molar-refractivity contribution >= 4 is 5.91 Å². The average molecular weight is 272 g/mol. The van der Waals surface area contributed by atoms with Crippen molar-refractivity contribution in [1.82, 2.24) is 10.2 Å². The van der Waals surface area contributed by atoms with E-state index in [0.717, 1.165) is 24.8 Å². The predicted molar refractivity (Wildman–Crippen MR) is 74.9 cm³/mol. The van der Waals surface area contributed by atoms with E-state index in [2.05, 4.69) is 17.4 Å². The van der Waals surface area contributed by atoms with Gasteiger partial charge in [0.05, 0.1) is 24.3 Å². The van der Waals surface area contributed by atoms with Crippen LogP contribution in [0.15, 0.2) is 30.3 Å². The lowest BCUT2D eigenvalue weighted by Crippen LogP contribution is -2.45. The number of amides is 1. The lowest BCUT2D eigenvalue weighted by Gasteiger charge is -2.34. The largest absolute Gasteiger partial charge is 0.373 e. The second-order valence-corrected chi connectivity index (χ2v) is 6.12. The molecule has 1 N–H and O–H groups in total. The smallest absolute Gasteiger partial charge is 0.241 e. The van der Waals surface area contributed by atoms with Crippen molar-refractivity contribution in [2.45, 2.75) is 56.6 Å². The van der Waals surface area contributed by atoms with E-state index in [4.69, 9.17) is 4.74 Å². The van der Waals surface area contributed by atoms with E-state index >= 15 is 0 Å². The molecule has 106 valence electrons. The van der Waals surface area contributed by atoms with Crippen molar-refractivity contribution in [1.29, 1.82) is 0 Å². The quantitative estimate of drug-likeness (QED) is 0.893. The fourth-order valence-electron chi connectivity index (χ4n) is 3.89. The number of carbonyl (C=O) groups is 1. The second kappa shape index (κ2) is 4.57. The first-order chi connectivity index (χ1) is 9.74. The minimum Gasteiger partial charge on any atom is -0.373 e. The van der Waals surface area contributed by atoms with Crippen LogP contribution in [0.4, 0.5) is 0 Å². The van der Waals surface area contributed by atoms with Crippen molar-refractivity contribution in [2.75, 3.05) is 0 Å². The molecule has 3 heterocycles. The van der Waals surface area contributed by atoms with Gasteiger partial charge in [-0.15, -0.1) is 0 Å². The molecule has 2 bridgehead atoms. The molecule has 3 saturated heterocycles. The van der Waals surface area contributed by atoms with E-state index in [-0.39, 0.29) is 30.3 Å². The van der Waals surface area contributed by atoms with E-state index in [0.29, 0.717) is 6.10 Å². The first-order valence-corrected chi connectivity index (χ1v) is 7.52. The molecular formula is C16H20N2O2. The molecule has 1 amide bonds. The summed E-state index contributed by atoms with van der Waals surface area (Å²) < 4.78 is 5.94. The highest BCUT2D eigenvalue weighted by Crippen LogP contribution is 2.41. The molecule has 0 aromatic heterocycles. The highest BCUT2D eigenvalue weighted by atomic mass is 16.5. The van der Waals surface area contributed by atoms with Crippen molar-refractivity contribution in [3.63, 3.8) is 0 Å². The van der Waals surface area contributed by atoms with Gasteiger partial charge in [0.25, 0.3) is 0 Å². The van der Waals surface area contributed by atoms with Gasteiger partial charge < -0.3 is 9.64 Å². The third-order valence-electron chi connectivity index (χ3n) is 4.86. The van der Waals surface area contributed by atoms with Gasteiger partial charge in [0.2, 0.25) is 5.91 Å². The summed E-state index contributed by atoms with van der Waals surface area (Å²) in [6.07, 6.45) is 3.84. The molecule has 0 radical (unpaired) electrons. The molecule has 3 aliphatic rings. The number of ether oxygens (including phenoxy) is 1. The Balaban J connectivity index is 1.66. The molecule has 3 aliphatic heterocycles. The fraction of sp³-hybridized carbons (Fsp3) is 0.562. The summed E-state index contributed by atoms with van der Waals surface area (Å²) in [5.74, 6) is 0.208. The monoisotopic (exact) mass is 272 g/mol. The van der Waals surface area contributed by atoms with Gasteiger partial charge in [0, 0.05) is 0 Å². The molecular weight excluding hydrogens is 252 g/mol. The van der Waals surface area contributed by atoms with Gasteiger partial charge >= 0.3 is 0 Å². The maximum absolute atomic E-state index is 12.6. The number of hydrogen-bond donors (Lipinski definition) is 1. The SMILES string of the molecule is CC1NC(c2ccccc2)N(C2CC3CCC2O3)C1=O. The highest BCUT2D eigenvalue weighted by molar-refractivity contribution is 5.84. The van der Waals surface area contributed by atoms with Crippen molar-refractivity contribution in [2.24, 2.45) is 0 Å². The van der Waals surface area contributed by atoms with Crippen LogP contribution in [-0.4, -0.2) is 35.1 Å². The summed E-state index contributed by atoms with van der Waals surface area (Å²) in [4.78, 5) is 14.6. The zero-order chi connectivity index (χ0) is 13.7. The Bertz CT molecular complexity index is 518. The summed E-state index contributed by atoms with van der Waals surface area (Å²) in [5.41, 5.74) is 1.16. The maximum Gasteiger partial charge on any atom is 0.241 e. The summed E-state index contributed by atoms with van der Waals surface area (Å²) in [6.45, 7) is 1.95. The third kappa shape index (κ3) is 1.79. The van der Waals surface area contributed by atoms with Gasteiger partial charge in [-0.25, -0.2) is 0 Å². The van der Waals surface area contributed by atoms with Crippen LogP contribution < -0.4 is 5.32 Å². The Hall–Kier alpha value is -1.39. The predicted octanol–water partition coefficient (Wildman–Crippen LogP) is 1.83. The maximum atomic E-state index is 12.6. The van der Waals surface area contributed by atoms with Gasteiger partial charge in [-0.3, -0.25) is 10.1 Å². The Morgan fingerprint density at radius 2 is 2.05 bits per heavy atom. The molecule has 3 fully saturated rings. The minimum absolute atomic E-state index is 0.00773. The van der Waals surface area contributed by atoms with Gasteiger partial charge in [-0.1, -0.05) is 30.3 Å². The first kappa shape index (κ1) is 12.4. The molecule has 4 heteroatoms. The van der Waals surface area contributed by atoms with E-state index in [1.165, 1.54) is 0 Å². The molecule has 0 saturated carbocycles. The van der Waals surface area contributed by atoms with E-state index < -0.39 is 0 Å². The zero-order valence-corrected chi connectivity index (χ0v) is 11.7. The molecule has 4 rings (SSSR count). The van der Waals surface area contributed by atoms with Crippen molar-refractivity contribution in [3.05, 3.63) is 35.9 Å². The lowest BCUT2D eigenvalue weighted by atomic mass is 9.93. The van der Waals surface area contributed by atoms with Crippen LogP contribution in [0, 0.1) is 0 Å². The summed E-state index contributed by atoms with van der Waals surface area (Å²) in [5, 5.41) is 3.43. The van der Waals surface area contributed by atoms with E-state index in [1.807, 2.05) is 30.0 Å². The topological polar surface area (TPSA) is 41.6 Å². The van der Waals surface area contributed by atoms with Crippen LogP contribution in [-0.2, 0) is 9.53 Å². The fourth-order valence-corrected chi connectivity index (χ4v) is 3.89. The van der Waals surface area contributed by atoms with Crippen LogP contribution in [0.3, 0.4) is 0 Å². The van der Waals surface area contributed by atoms with Crippen LogP contribution >= 0.6 is 0 Å². The highest BCUT2D eigenvalue weighted by Gasteiger charge is 2.50. The minimum atomic E-state index is -0.112. The Labute approximate surface area is 119 Å². The molecule has 1 aromatic carbocycles. The van der Waals surface area contributed by atoms with Gasteiger partial charge in [-0.2, -0.15) is 0 Å². The van der Waals surface area contributed by atoms with Crippen molar-refractivity contribution in [3.8, 4) is 0 Å². The van der Waals surface area contributed by atoms with Crippen molar-refractivity contribution < 1.29 is 9.53 Å². The van der Waals surface area contributed by atoms with Crippen LogP contribution in [0.25, 0.3) is 0 Å². The number of carbonyl (C=O) groups excluding carboxylic acids is 1. The molecule has 0 spiro atoms. The molecule has 4 nitrogen and oxygen atoms in total. The lowest BCUT2D eigenvalue weighted by molar-refractivity contribution is -0.133. The molecule has 1 aromatic rings.